The third-order valence-electron chi connectivity index (χ3n) is 4.38. The lowest BCUT2D eigenvalue weighted by molar-refractivity contribution is 0.0696. The molecule has 23 heavy (non-hydrogen) atoms. The first-order chi connectivity index (χ1) is 10.7. The molecule has 128 valence electrons. The minimum Gasteiger partial charge on any atom is -0.339 e. The second-order valence-electron chi connectivity index (χ2n) is 6.14. The summed E-state index contributed by atoms with van der Waals surface area (Å²) < 4.78 is 26.3. The summed E-state index contributed by atoms with van der Waals surface area (Å²) in [5.41, 5.74) is 0.404. The van der Waals surface area contributed by atoms with Crippen LogP contribution in [0.15, 0.2) is 27.6 Å². The molecule has 0 aliphatic heterocycles. The van der Waals surface area contributed by atoms with Gasteiger partial charge in [0.15, 0.2) is 0 Å². The van der Waals surface area contributed by atoms with Crippen LogP contribution in [0.3, 0.4) is 0 Å². The van der Waals surface area contributed by atoms with Crippen LogP contribution in [-0.2, 0) is 10.0 Å². The molecule has 0 saturated heterocycles. The molecular formula is C16H23BrN2O3S. The molecule has 0 radical (unpaired) electrons. The second kappa shape index (κ2) is 7.32. The number of sulfonamides is 1. The van der Waals surface area contributed by atoms with Gasteiger partial charge in [0.05, 0.1) is 4.90 Å². The molecule has 0 aromatic heterocycles. The van der Waals surface area contributed by atoms with Crippen molar-refractivity contribution in [1.29, 1.82) is 0 Å². The predicted octanol–water partition coefficient (Wildman–Crippen LogP) is 3.10. The monoisotopic (exact) mass is 402 g/mol. The highest BCUT2D eigenvalue weighted by Gasteiger charge is 2.26. The Balaban J connectivity index is 2.31. The van der Waals surface area contributed by atoms with Gasteiger partial charge in [0.1, 0.15) is 0 Å². The fourth-order valence-electron chi connectivity index (χ4n) is 2.87. The van der Waals surface area contributed by atoms with Gasteiger partial charge in [-0.15, -0.1) is 0 Å². The highest BCUT2D eigenvalue weighted by atomic mass is 79.9. The van der Waals surface area contributed by atoms with Gasteiger partial charge >= 0.3 is 0 Å². The summed E-state index contributed by atoms with van der Waals surface area (Å²) in [5, 5.41) is 0. The fourth-order valence-corrected chi connectivity index (χ4v) is 4.71. The molecule has 0 N–H and O–H groups in total. The standard InChI is InChI=1S/C16H23BrN2O3S/c1-18(2)23(21,22)15-11-12(9-10-14(15)17)16(20)19(3)13-7-5-4-6-8-13/h9-11,13H,4-8H2,1-3H3. The van der Waals surface area contributed by atoms with Crippen molar-refractivity contribution in [3.63, 3.8) is 0 Å². The molecule has 1 aromatic carbocycles. The zero-order valence-electron chi connectivity index (χ0n) is 13.8. The van der Waals surface area contributed by atoms with Gasteiger partial charge in [-0.1, -0.05) is 19.3 Å². The molecule has 1 saturated carbocycles. The fraction of sp³-hybridized carbons (Fsp3) is 0.562. The van der Waals surface area contributed by atoms with Gasteiger partial charge in [0.2, 0.25) is 10.0 Å². The number of hydrogen-bond acceptors (Lipinski definition) is 3. The van der Waals surface area contributed by atoms with E-state index in [4.69, 9.17) is 0 Å². The summed E-state index contributed by atoms with van der Waals surface area (Å²) in [5.74, 6) is -0.125. The van der Waals surface area contributed by atoms with Crippen molar-refractivity contribution >= 4 is 31.9 Å². The van der Waals surface area contributed by atoms with Gasteiger partial charge in [0, 0.05) is 37.2 Å². The molecule has 0 unspecified atom stereocenters. The van der Waals surface area contributed by atoms with Crippen molar-refractivity contribution in [1.82, 2.24) is 9.21 Å². The number of halogens is 1. The topological polar surface area (TPSA) is 57.7 Å². The Labute approximate surface area is 146 Å². The number of benzene rings is 1. The molecule has 7 heteroatoms. The smallest absolute Gasteiger partial charge is 0.253 e. The molecule has 0 atom stereocenters. The summed E-state index contributed by atoms with van der Waals surface area (Å²) in [6, 6.07) is 4.99. The maximum atomic E-state index is 12.7. The van der Waals surface area contributed by atoms with Crippen LogP contribution in [0.25, 0.3) is 0 Å². The first-order valence-corrected chi connectivity index (χ1v) is 9.97. The molecule has 0 spiro atoms. The van der Waals surface area contributed by atoms with E-state index >= 15 is 0 Å². The Hall–Kier alpha value is -0.920. The molecule has 5 nitrogen and oxygen atoms in total. The van der Waals surface area contributed by atoms with Crippen molar-refractivity contribution < 1.29 is 13.2 Å². The average molecular weight is 403 g/mol. The van der Waals surface area contributed by atoms with E-state index in [0.717, 1.165) is 30.0 Å². The summed E-state index contributed by atoms with van der Waals surface area (Å²) >= 11 is 3.27. The minimum atomic E-state index is -3.60. The third-order valence-corrected chi connectivity index (χ3v) is 7.19. The van der Waals surface area contributed by atoms with Crippen molar-refractivity contribution in [2.75, 3.05) is 21.1 Å². The van der Waals surface area contributed by atoms with E-state index in [2.05, 4.69) is 15.9 Å². The highest BCUT2D eigenvalue weighted by molar-refractivity contribution is 9.10. The van der Waals surface area contributed by atoms with Gasteiger partial charge in [-0.25, -0.2) is 12.7 Å². The third kappa shape index (κ3) is 3.95. The Morgan fingerprint density at radius 3 is 2.30 bits per heavy atom. The van der Waals surface area contributed by atoms with Crippen molar-refractivity contribution in [3.8, 4) is 0 Å². The molecule has 1 fully saturated rings. The first kappa shape index (κ1) is 18.4. The van der Waals surface area contributed by atoms with Crippen molar-refractivity contribution in [2.45, 2.75) is 43.0 Å². The van der Waals surface area contributed by atoms with E-state index in [1.807, 2.05) is 0 Å². The summed E-state index contributed by atoms with van der Waals surface area (Å²) in [6.45, 7) is 0. The summed E-state index contributed by atoms with van der Waals surface area (Å²) in [6.07, 6.45) is 5.54. The Kier molecular flexibility index (Phi) is 5.86. The van der Waals surface area contributed by atoms with E-state index in [1.165, 1.54) is 26.6 Å². The van der Waals surface area contributed by atoms with E-state index in [9.17, 15) is 13.2 Å². The number of amides is 1. The van der Waals surface area contributed by atoms with E-state index in [0.29, 0.717) is 10.0 Å². The quantitative estimate of drug-likeness (QED) is 0.776. The predicted molar refractivity (Wildman–Crippen MR) is 94.0 cm³/mol. The molecule has 0 bridgehead atoms. The molecule has 1 amide bonds. The van der Waals surface area contributed by atoms with E-state index in [1.54, 1.807) is 24.1 Å². The van der Waals surface area contributed by atoms with Crippen LogP contribution in [-0.4, -0.2) is 50.7 Å². The molecule has 1 aliphatic carbocycles. The number of nitrogens with zero attached hydrogens (tertiary/aromatic N) is 2. The van der Waals surface area contributed by atoms with Gasteiger partial charge in [-0.3, -0.25) is 4.79 Å². The van der Waals surface area contributed by atoms with E-state index < -0.39 is 10.0 Å². The van der Waals surface area contributed by atoms with Crippen LogP contribution >= 0.6 is 15.9 Å². The van der Waals surface area contributed by atoms with Crippen LogP contribution in [0.5, 0.6) is 0 Å². The molecule has 1 aromatic rings. The largest absolute Gasteiger partial charge is 0.339 e. The zero-order valence-corrected chi connectivity index (χ0v) is 16.2. The Morgan fingerprint density at radius 2 is 1.74 bits per heavy atom. The van der Waals surface area contributed by atoms with Crippen molar-refractivity contribution in [3.05, 3.63) is 28.2 Å². The average Bonchev–Trinajstić information content (AvgIpc) is 2.54. The zero-order chi connectivity index (χ0) is 17.2. The summed E-state index contributed by atoms with van der Waals surface area (Å²) in [7, 11) is 1.16. The number of hydrogen-bond donors (Lipinski definition) is 0. The lowest BCUT2D eigenvalue weighted by Gasteiger charge is -2.31. The van der Waals surface area contributed by atoms with Crippen LogP contribution in [0, 0.1) is 0 Å². The summed E-state index contributed by atoms with van der Waals surface area (Å²) in [4.78, 5) is 14.6. The molecule has 1 aliphatic rings. The number of carbonyl (C=O) groups is 1. The lowest BCUT2D eigenvalue weighted by Crippen LogP contribution is -2.38. The molecule has 0 heterocycles. The van der Waals surface area contributed by atoms with E-state index in [-0.39, 0.29) is 16.8 Å². The molecular weight excluding hydrogens is 380 g/mol. The second-order valence-corrected chi connectivity index (χ2v) is 9.12. The van der Waals surface area contributed by atoms with Crippen LogP contribution in [0.4, 0.5) is 0 Å². The van der Waals surface area contributed by atoms with Crippen molar-refractivity contribution in [2.24, 2.45) is 0 Å². The first-order valence-electron chi connectivity index (χ1n) is 7.74. The number of rotatable bonds is 4. The van der Waals surface area contributed by atoms with Crippen LogP contribution in [0.2, 0.25) is 0 Å². The maximum Gasteiger partial charge on any atom is 0.253 e. The minimum absolute atomic E-state index is 0.116. The normalized spacial score (nSPS) is 16.6. The lowest BCUT2D eigenvalue weighted by atomic mass is 9.94. The highest BCUT2D eigenvalue weighted by Crippen LogP contribution is 2.27. The van der Waals surface area contributed by atoms with Gasteiger partial charge in [0.25, 0.3) is 5.91 Å². The maximum absolute atomic E-state index is 12.7. The van der Waals surface area contributed by atoms with Gasteiger partial charge < -0.3 is 4.90 Å². The SMILES string of the molecule is CN(C(=O)c1ccc(Br)c(S(=O)(=O)N(C)C)c1)C1CCCCC1. The van der Waals surface area contributed by atoms with Crippen LogP contribution < -0.4 is 0 Å². The van der Waals surface area contributed by atoms with Gasteiger partial charge in [-0.2, -0.15) is 0 Å². The van der Waals surface area contributed by atoms with Crippen LogP contribution in [0.1, 0.15) is 42.5 Å². The Bertz CT molecular complexity index is 683. The Morgan fingerprint density at radius 1 is 1.13 bits per heavy atom. The molecule has 2 rings (SSSR count). The van der Waals surface area contributed by atoms with Gasteiger partial charge in [-0.05, 0) is 47.0 Å². The number of carbonyl (C=O) groups excluding carboxylic acids is 1.